The van der Waals surface area contributed by atoms with Crippen LogP contribution >= 0.6 is 0 Å². The second kappa shape index (κ2) is 12.9. The Morgan fingerprint density at radius 1 is 1.00 bits per heavy atom. The highest BCUT2D eigenvalue weighted by Crippen LogP contribution is 2.32. The molecule has 0 radical (unpaired) electrons. The van der Waals surface area contributed by atoms with E-state index in [1.807, 2.05) is 44.2 Å². The number of carbonyl (C=O) groups is 2. The van der Waals surface area contributed by atoms with Crippen LogP contribution in [0.5, 0.6) is 0 Å². The Kier molecular flexibility index (Phi) is 10.5. The average Bonchev–Trinajstić information content (AvgIpc) is 2.84. The van der Waals surface area contributed by atoms with Gasteiger partial charge >= 0.3 is 6.18 Å². The molecule has 0 saturated heterocycles. The molecular formula is C26H34F3N3O4S. The van der Waals surface area contributed by atoms with Crippen LogP contribution < -0.4 is 9.62 Å². The zero-order valence-electron chi connectivity index (χ0n) is 21.5. The third kappa shape index (κ3) is 8.77. The fraction of sp³-hybridized carbons (Fsp3) is 0.462. The predicted molar refractivity (Wildman–Crippen MR) is 137 cm³/mol. The first-order valence-electron chi connectivity index (χ1n) is 12.1. The molecule has 1 N–H and O–H groups in total. The van der Waals surface area contributed by atoms with E-state index in [1.54, 1.807) is 6.92 Å². The van der Waals surface area contributed by atoms with E-state index in [4.69, 9.17) is 0 Å². The van der Waals surface area contributed by atoms with E-state index in [0.29, 0.717) is 23.2 Å². The first-order chi connectivity index (χ1) is 17.3. The van der Waals surface area contributed by atoms with Gasteiger partial charge in [0.05, 0.1) is 17.5 Å². The molecular weight excluding hydrogens is 507 g/mol. The summed E-state index contributed by atoms with van der Waals surface area (Å²) >= 11 is 0. The molecule has 2 rings (SSSR count). The number of halogens is 3. The normalized spacial score (nSPS) is 13.5. The molecule has 7 nitrogen and oxygen atoms in total. The summed E-state index contributed by atoms with van der Waals surface area (Å²) in [7, 11) is -4.13. The third-order valence-corrected chi connectivity index (χ3v) is 7.15. The maximum absolute atomic E-state index is 13.6. The van der Waals surface area contributed by atoms with Crippen molar-refractivity contribution in [3.05, 3.63) is 65.7 Å². The highest BCUT2D eigenvalue weighted by atomic mass is 32.2. The number of nitrogens with zero attached hydrogens (tertiary/aromatic N) is 2. The topological polar surface area (TPSA) is 86.8 Å². The van der Waals surface area contributed by atoms with E-state index in [9.17, 15) is 31.2 Å². The molecule has 0 aliphatic carbocycles. The van der Waals surface area contributed by atoms with Crippen LogP contribution in [0.25, 0.3) is 0 Å². The lowest BCUT2D eigenvalue weighted by Crippen LogP contribution is -2.54. The van der Waals surface area contributed by atoms with Gasteiger partial charge in [0, 0.05) is 12.6 Å². The molecule has 204 valence electrons. The lowest BCUT2D eigenvalue weighted by atomic mass is 10.1. The molecule has 0 aromatic heterocycles. The Balaban J connectivity index is 2.42. The van der Waals surface area contributed by atoms with Crippen LogP contribution in [0, 0.1) is 0 Å². The van der Waals surface area contributed by atoms with Crippen molar-refractivity contribution in [1.29, 1.82) is 0 Å². The van der Waals surface area contributed by atoms with Gasteiger partial charge in [0.15, 0.2) is 0 Å². The Morgan fingerprint density at radius 3 is 2.19 bits per heavy atom. The van der Waals surface area contributed by atoms with Gasteiger partial charge < -0.3 is 10.2 Å². The van der Waals surface area contributed by atoms with Crippen LogP contribution in [0.4, 0.5) is 18.9 Å². The van der Waals surface area contributed by atoms with Gasteiger partial charge in [-0.05, 0) is 49.9 Å². The number of rotatable bonds is 12. The number of amides is 2. The fourth-order valence-corrected chi connectivity index (χ4v) is 4.63. The molecule has 11 heteroatoms. The number of nitrogens with one attached hydrogen (secondary N) is 1. The van der Waals surface area contributed by atoms with Gasteiger partial charge in [-0.15, -0.1) is 0 Å². The zero-order chi connectivity index (χ0) is 27.8. The van der Waals surface area contributed by atoms with Gasteiger partial charge in [0.2, 0.25) is 21.8 Å². The van der Waals surface area contributed by atoms with Gasteiger partial charge in [-0.2, -0.15) is 13.2 Å². The number of anilines is 1. The van der Waals surface area contributed by atoms with Gasteiger partial charge in [0.1, 0.15) is 12.6 Å². The van der Waals surface area contributed by atoms with Crippen LogP contribution in [0.2, 0.25) is 0 Å². The number of alkyl halides is 3. The minimum atomic E-state index is -4.69. The summed E-state index contributed by atoms with van der Waals surface area (Å²) in [5.74, 6) is -1.06. The number of benzene rings is 2. The van der Waals surface area contributed by atoms with E-state index >= 15 is 0 Å². The number of sulfonamides is 1. The fourth-order valence-electron chi connectivity index (χ4n) is 3.79. The van der Waals surface area contributed by atoms with Crippen LogP contribution in [-0.2, 0) is 32.2 Å². The lowest BCUT2D eigenvalue weighted by Gasteiger charge is -2.33. The van der Waals surface area contributed by atoms with E-state index in [1.165, 1.54) is 11.0 Å². The largest absolute Gasteiger partial charge is 0.416 e. The van der Waals surface area contributed by atoms with Crippen molar-refractivity contribution in [1.82, 2.24) is 10.2 Å². The van der Waals surface area contributed by atoms with Gasteiger partial charge in [0.25, 0.3) is 0 Å². The molecule has 2 aromatic rings. The lowest BCUT2D eigenvalue weighted by molar-refractivity contribution is -0.139. The summed E-state index contributed by atoms with van der Waals surface area (Å²) in [6, 6.07) is 12.1. The molecule has 0 heterocycles. The van der Waals surface area contributed by atoms with Crippen molar-refractivity contribution in [3.63, 3.8) is 0 Å². The molecule has 0 unspecified atom stereocenters. The van der Waals surface area contributed by atoms with E-state index in [-0.39, 0.29) is 30.6 Å². The quantitative estimate of drug-likeness (QED) is 0.436. The summed E-state index contributed by atoms with van der Waals surface area (Å²) in [4.78, 5) is 27.9. The Bertz CT molecular complexity index is 1160. The highest BCUT2D eigenvalue weighted by molar-refractivity contribution is 7.92. The first kappa shape index (κ1) is 30.1. The standard InChI is InChI=1S/C26H34F3N3O4S/c1-5-19(3)30-25(34)23(6-2)31(16-15-20-11-8-7-9-12-20)24(33)18-32(37(4,35)36)22-14-10-13-21(17-22)26(27,28)29/h7-14,17,19,23H,5-6,15-16,18H2,1-4H3,(H,30,34)/t19-,23+/m0/s1. The van der Waals surface area contributed by atoms with Crippen LogP contribution in [-0.4, -0.2) is 56.6 Å². The Morgan fingerprint density at radius 2 is 1.65 bits per heavy atom. The van der Waals surface area contributed by atoms with Gasteiger partial charge in [-0.3, -0.25) is 13.9 Å². The molecule has 0 aliphatic heterocycles. The van der Waals surface area contributed by atoms with Crippen molar-refractivity contribution in [2.45, 2.75) is 58.3 Å². The maximum atomic E-state index is 13.6. The second-order valence-electron chi connectivity index (χ2n) is 8.88. The molecule has 37 heavy (non-hydrogen) atoms. The Hall–Kier alpha value is -3.08. The highest BCUT2D eigenvalue weighted by Gasteiger charge is 2.34. The molecule has 2 atom stereocenters. The molecule has 2 aromatic carbocycles. The average molecular weight is 542 g/mol. The van der Waals surface area contributed by atoms with E-state index < -0.39 is 40.3 Å². The first-order valence-corrected chi connectivity index (χ1v) is 13.9. The summed E-state index contributed by atoms with van der Waals surface area (Å²) in [5, 5.41) is 2.86. The van der Waals surface area contributed by atoms with Crippen molar-refractivity contribution in [2.24, 2.45) is 0 Å². The van der Waals surface area contributed by atoms with Crippen molar-refractivity contribution in [2.75, 3.05) is 23.7 Å². The zero-order valence-corrected chi connectivity index (χ0v) is 22.3. The second-order valence-corrected chi connectivity index (χ2v) is 10.8. The van der Waals surface area contributed by atoms with Gasteiger partial charge in [-0.1, -0.05) is 50.2 Å². The summed E-state index contributed by atoms with van der Waals surface area (Å²) < 4.78 is 65.6. The van der Waals surface area contributed by atoms with Gasteiger partial charge in [-0.25, -0.2) is 8.42 Å². The maximum Gasteiger partial charge on any atom is 0.416 e. The molecule has 0 saturated carbocycles. The smallest absolute Gasteiger partial charge is 0.352 e. The predicted octanol–water partition coefficient (Wildman–Crippen LogP) is 4.24. The number of hydrogen-bond donors (Lipinski definition) is 1. The molecule has 0 aliphatic rings. The summed E-state index contributed by atoms with van der Waals surface area (Å²) in [5.41, 5.74) is -0.410. The molecule has 0 spiro atoms. The Labute approximate surface area is 216 Å². The number of carbonyl (C=O) groups excluding carboxylic acids is 2. The van der Waals surface area contributed by atoms with Crippen LogP contribution in [0.15, 0.2) is 54.6 Å². The minimum absolute atomic E-state index is 0.121. The monoisotopic (exact) mass is 541 g/mol. The summed E-state index contributed by atoms with van der Waals surface area (Å²) in [6.07, 6.45) is -2.51. The molecule has 0 fully saturated rings. The molecule has 2 amide bonds. The summed E-state index contributed by atoms with van der Waals surface area (Å²) in [6.45, 7) is 4.85. The molecule has 0 bridgehead atoms. The number of hydrogen-bond acceptors (Lipinski definition) is 4. The van der Waals surface area contributed by atoms with Crippen LogP contribution in [0.3, 0.4) is 0 Å². The van der Waals surface area contributed by atoms with E-state index in [0.717, 1.165) is 24.0 Å². The third-order valence-electron chi connectivity index (χ3n) is 6.01. The van der Waals surface area contributed by atoms with Crippen LogP contribution in [0.1, 0.15) is 44.7 Å². The minimum Gasteiger partial charge on any atom is -0.352 e. The van der Waals surface area contributed by atoms with Crippen molar-refractivity contribution < 1.29 is 31.2 Å². The van der Waals surface area contributed by atoms with E-state index in [2.05, 4.69) is 5.32 Å². The van der Waals surface area contributed by atoms with Crippen molar-refractivity contribution >= 4 is 27.5 Å². The van der Waals surface area contributed by atoms with Crippen molar-refractivity contribution in [3.8, 4) is 0 Å². The SMILES string of the molecule is CC[C@H](C(=O)N[C@@H](C)CC)N(CCc1ccccc1)C(=O)CN(c1cccc(C(F)(F)F)c1)S(C)(=O)=O.